The van der Waals surface area contributed by atoms with Gasteiger partial charge in [-0.1, -0.05) is 36.4 Å². The minimum atomic E-state index is -3.55. The highest BCUT2D eigenvalue weighted by atomic mass is 79.9. The van der Waals surface area contributed by atoms with Crippen LogP contribution in [0.4, 0.5) is 0 Å². The third-order valence-corrected chi connectivity index (χ3v) is 5.88. The number of rotatable bonds is 4. The number of fused-ring (bicyclic) bond motifs is 1. The summed E-state index contributed by atoms with van der Waals surface area (Å²) in [6.07, 6.45) is 2.68. The third kappa shape index (κ3) is 3.41. The lowest BCUT2D eigenvalue weighted by atomic mass is 10.0. The lowest BCUT2D eigenvalue weighted by molar-refractivity contribution is 0.415. The minimum Gasteiger partial charge on any atom is -0.497 e. The van der Waals surface area contributed by atoms with Crippen LogP contribution in [0.3, 0.4) is 0 Å². The Hall–Kier alpha value is -2.71. The fraction of sp³-hybridized carbons (Fsp3) is 0.100. The van der Waals surface area contributed by atoms with Gasteiger partial charge in [0.15, 0.2) is 0 Å². The average Bonchev–Trinajstić information content (AvgIpc) is 3.07. The predicted octanol–water partition coefficient (Wildman–Crippen LogP) is 4.24. The largest absolute Gasteiger partial charge is 0.497 e. The second-order valence-corrected chi connectivity index (χ2v) is 9.06. The summed E-state index contributed by atoms with van der Waals surface area (Å²) < 4.78 is 31.7. The number of ether oxygens (including phenoxy) is 1. The summed E-state index contributed by atoms with van der Waals surface area (Å²) in [7, 11) is -1.91. The first-order valence-corrected chi connectivity index (χ1v) is 11.0. The molecule has 0 spiro atoms. The van der Waals surface area contributed by atoms with Crippen LogP contribution in [0.1, 0.15) is 0 Å². The van der Waals surface area contributed by atoms with E-state index in [4.69, 9.17) is 4.74 Å². The second-order valence-electron chi connectivity index (χ2n) is 6.29. The van der Waals surface area contributed by atoms with E-state index in [1.807, 2.05) is 54.6 Å². The second kappa shape index (κ2) is 7.03. The monoisotopic (exact) mass is 457 g/mol. The highest BCUT2D eigenvalue weighted by Gasteiger charge is 2.19. The quantitative estimate of drug-likeness (QED) is 0.428. The van der Waals surface area contributed by atoms with Crippen LogP contribution < -0.4 is 4.74 Å². The summed E-state index contributed by atoms with van der Waals surface area (Å²) in [5.74, 6) is 0.789. The van der Waals surface area contributed by atoms with Crippen LogP contribution in [0, 0.1) is 0 Å². The van der Waals surface area contributed by atoms with Crippen molar-refractivity contribution in [2.24, 2.45) is 0 Å². The molecule has 2 aromatic heterocycles. The highest BCUT2D eigenvalue weighted by Crippen LogP contribution is 2.29. The van der Waals surface area contributed by atoms with Gasteiger partial charge in [0.25, 0.3) is 0 Å². The van der Waals surface area contributed by atoms with Gasteiger partial charge in [0.2, 0.25) is 15.0 Å². The highest BCUT2D eigenvalue weighted by molar-refractivity contribution is 9.10. The molecule has 28 heavy (non-hydrogen) atoms. The van der Waals surface area contributed by atoms with Gasteiger partial charge in [0.05, 0.1) is 29.0 Å². The summed E-state index contributed by atoms with van der Waals surface area (Å²) in [6, 6.07) is 17.4. The number of aromatic nitrogens is 3. The first-order valence-electron chi connectivity index (χ1n) is 8.36. The van der Waals surface area contributed by atoms with Crippen LogP contribution in [-0.2, 0) is 9.84 Å². The molecule has 0 aliphatic heterocycles. The summed E-state index contributed by atoms with van der Waals surface area (Å²) in [5, 5.41) is 4.01. The Morgan fingerprint density at radius 1 is 1.00 bits per heavy atom. The first kappa shape index (κ1) is 18.6. The molecule has 0 aliphatic carbocycles. The number of sulfone groups is 1. The van der Waals surface area contributed by atoms with Crippen molar-refractivity contribution >= 4 is 31.3 Å². The fourth-order valence-corrected chi connectivity index (χ4v) is 4.05. The van der Waals surface area contributed by atoms with Gasteiger partial charge < -0.3 is 4.74 Å². The molecule has 0 aliphatic rings. The van der Waals surface area contributed by atoms with Crippen molar-refractivity contribution in [1.29, 1.82) is 0 Å². The zero-order valence-electron chi connectivity index (χ0n) is 15.1. The molecular formula is C20H16BrN3O3S. The van der Waals surface area contributed by atoms with E-state index in [2.05, 4.69) is 26.0 Å². The summed E-state index contributed by atoms with van der Waals surface area (Å²) in [4.78, 5) is 4.36. The Morgan fingerprint density at radius 3 is 2.39 bits per heavy atom. The van der Waals surface area contributed by atoms with Gasteiger partial charge in [0, 0.05) is 11.8 Å². The van der Waals surface area contributed by atoms with Crippen LogP contribution in [0.15, 0.2) is 70.4 Å². The Morgan fingerprint density at radius 2 is 1.71 bits per heavy atom. The van der Waals surface area contributed by atoms with Crippen molar-refractivity contribution in [2.75, 3.05) is 13.4 Å². The molecule has 2 aromatic carbocycles. The van der Waals surface area contributed by atoms with Crippen molar-refractivity contribution in [3.05, 3.63) is 65.3 Å². The summed E-state index contributed by atoms with van der Waals surface area (Å²) >= 11 is 3.41. The molecule has 0 bridgehead atoms. The Kier molecular flexibility index (Phi) is 4.68. The number of nitrogens with zero attached hydrogens (tertiary/aromatic N) is 3. The molecule has 0 amide bonds. The summed E-state index contributed by atoms with van der Waals surface area (Å²) in [6.45, 7) is 0. The normalized spacial score (nSPS) is 11.7. The van der Waals surface area contributed by atoms with E-state index in [1.165, 1.54) is 4.52 Å². The molecule has 0 atom stereocenters. The van der Waals surface area contributed by atoms with Gasteiger partial charge in [0.1, 0.15) is 5.75 Å². The molecule has 0 saturated heterocycles. The van der Waals surface area contributed by atoms with Gasteiger partial charge in [-0.25, -0.2) is 17.9 Å². The maximum Gasteiger partial charge on any atom is 0.249 e. The zero-order valence-corrected chi connectivity index (χ0v) is 17.5. The predicted molar refractivity (Wildman–Crippen MR) is 111 cm³/mol. The molecular weight excluding hydrogens is 442 g/mol. The van der Waals surface area contributed by atoms with E-state index >= 15 is 0 Å². The van der Waals surface area contributed by atoms with Crippen LogP contribution >= 0.6 is 15.9 Å². The lowest BCUT2D eigenvalue weighted by Crippen LogP contribution is -2.09. The topological polar surface area (TPSA) is 73.6 Å². The molecule has 0 saturated carbocycles. The molecule has 0 fully saturated rings. The summed E-state index contributed by atoms with van der Waals surface area (Å²) in [5.41, 5.74) is 4.07. The van der Waals surface area contributed by atoms with E-state index in [0.717, 1.165) is 28.7 Å². The Bertz CT molecular complexity index is 1280. The van der Waals surface area contributed by atoms with Gasteiger partial charge in [-0.05, 0) is 45.3 Å². The molecule has 4 rings (SSSR count). The van der Waals surface area contributed by atoms with Crippen molar-refractivity contribution < 1.29 is 13.2 Å². The Balaban J connectivity index is 1.81. The molecule has 142 valence electrons. The lowest BCUT2D eigenvalue weighted by Gasteiger charge is -2.09. The third-order valence-electron chi connectivity index (χ3n) is 4.35. The van der Waals surface area contributed by atoms with E-state index in [1.54, 1.807) is 13.3 Å². The zero-order chi connectivity index (χ0) is 19.9. The molecule has 0 unspecified atom stereocenters. The maximum atomic E-state index is 12.2. The van der Waals surface area contributed by atoms with Gasteiger partial charge in [-0.2, -0.15) is 5.10 Å². The molecule has 2 heterocycles. The molecule has 6 nitrogen and oxygen atoms in total. The Labute approximate surface area is 170 Å². The van der Waals surface area contributed by atoms with Gasteiger partial charge >= 0.3 is 0 Å². The van der Waals surface area contributed by atoms with Crippen molar-refractivity contribution in [3.63, 3.8) is 0 Å². The van der Waals surface area contributed by atoms with Crippen LogP contribution in [0.2, 0.25) is 0 Å². The van der Waals surface area contributed by atoms with Crippen LogP contribution in [0.25, 0.3) is 27.9 Å². The minimum absolute atomic E-state index is 0.0948. The fourth-order valence-electron chi connectivity index (χ4n) is 2.96. The van der Waals surface area contributed by atoms with Crippen molar-refractivity contribution in [1.82, 2.24) is 14.6 Å². The van der Waals surface area contributed by atoms with Crippen LogP contribution in [-0.4, -0.2) is 36.4 Å². The standard InChI is InChI=1S/C20H16BrN3O3S/c1-27-16-5-3-4-15(10-16)13-6-8-14(9-7-13)18-11-19-17(21)12-22-24(19)20(23-18)28(2,25)26/h3-12H,1-2H3. The van der Waals surface area contributed by atoms with Crippen molar-refractivity contribution in [2.45, 2.75) is 5.16 Å². The average molecular weight is 458 g/mol. The number of benzene rings is 2. The smallest absolute Gasteiger partial charge is 0.249 e. The molecule has 8 heteroatoms. The van der Waals surface area contributed by atoms with E-state index in [0.29, 0.717) is 15.7 Å². The first-order chi connectivity index (χ1) is 13.4. The SMILES string of the molecule is COc1cccc(-c2ccc(-c3cc4c(Br)cnn4c(S(C)(=O)=O)n3)cc2)c1. The molecule has 4 aromatic rings. The molecule has 0 radical (unpaired) electrons. The number of methoxy groups -OCH3 is 1. The van der Waals surface area contributed by atoms with Gasteiger partial charge in [-0.15, -0.1) is 0 Å². The van der Waals surface area contributed by atoms with E-state index in [-0.39, 0.29) is 5.16 Å². The van der Waals surface area contributed by atoms with E-state index in [9.17, 15) is 8.42 Å². The number of hydrogen-bond donors (Lipinski definition) is 0. The maximum absolute atomic E-state index is 12.2. The number of halogens is 1. The van der Waals surface area contributed by atoms with Crippen molar-refractivity contribution in [3.8, 4) is 28.1 Å². The van der Waals surface area contributed by atoms with Gasteiger partial charge in [-0.3, -0.25) is 0 Å². The molecule has 0 N–H and O–H groups in total. The van der Waals surface area contributed by atoms with E-state index < -0.39 is 9.84 Å². The number of hydrogen-bond acceptors (Lipinski definition) is 5. The van der Waals surface area contributed by atoms with Crippen LogP contribution in [0.5, 0.6) is 5.75 Å².